The van der Waals surface area contributed by atoms with Crippen LogP contribution in [0.4, 0.5) is 0 Å². The molecule has 0 bridgehead atoms. The second-order valence-electron chi connectivity index (χ2n) is 2.91. The number of aliphatic hydroxyl groups is 1. The van der Waals surface area contributed by atoms with E-state index in [1.807, 2.05) is 30.3 Å². The second-order valence-corrected chi connectivity index (χ2v) is 4.02. The molecule has 0 spiro atoms. The van der Waals surface area contributed by atoms with Gasteiger partial charge in [0.2, 0.25) is 0 Å². The first-order valence-corrected chi connectivity index (χ1v) is 5.33. The van der Waals surface area contributed by atoms with Crippen molar-refractivity contribution in [3.05, 3.63) is 52.0 Å². The van der Waals surface area contributed by atoms with Gasteiger partial charge < -0.3 is 5.11 Å². The summed E-state index contributed by atoms with van der Waals surface area (Å²) in [4.78, 5) is 4.93. The summed E-state index contributed by atoms with van der Waals surface area (Å²) >= 11 is 1.42. The zero-order chi connectivity index (χ0) is 10.5. The van der Waals surface area contributed by atoms with Crippen LogP contribution in [0.5, 0.6) is 0 Å². The minimum absolute atomic E-state index is 0.0324. The molecule has 74 valence electrons. The van der Waals surface area contributed by atoms with Crippen LogP contribution in [0.25, 0.3) is 0 Å². The molecule has 0 aliphatic rings. The van der Waals surface area contributed by atoms with E-state index in [9.17, 15) is 0 Å². The predicted molar refractivity (Wildman–Crippen MR) is 60.5 cm³/mol. The molecule has 0 atom stereocenters. The van der Waals surface area contributed by atoms with Gasteiger partial charge in [-0.3, -0.25) is 0 Å². The molecule has 0 saturated carbocycles. The highest BCUT2D eigenvalue weighted by atomic mass is 32.1. The summed E-state index contributed by atoms with van der Waals surface area (Å²) in [5.41, 5.74) is 0.971. The maximum atomic E-state index is 8.86. The van der Waals surface area contributed by atoms with Gasteiger partial charge in [-0.15, -0.1) is 11.3 Å². The van der Waals surface area contributed by atoms with Crippen LogP contribution in [-0.4, -0.2) is 10.1 Å². The van der Waals surface area contributed by atoms with E-state index < -0.39 is 0 Å². The van der Waals surface area contributed by atoms with Crippen molar-refractivity contribution in [2.24, 2.45) is 0 Å². The van der Waals surface area contributed by atoms with Crippen LogP contribution >= 0.6 is 11.3 Å². The summed E-state index contributed by atoms with van der Waals surface area (Å²) in [6.07, 6.45) is 1.65. The summed E-state index contributed by atoms with van der Waals surface area (Å²) in [7, 11) is 0. The van der Waals surface area contributed by atoms with Gasteiger partial charge in [-0.05, 0) is 18.1 Å². The molecule has 0 aliphatic heterocycles. The van der Waals surface area contributed by atoms with Crippen molar-refractivity contribution in [3.63, 3.8) is 0 Å². The van der Waals surface area contributed by atoms with Crippen molar-refractivity contribution in [2.45, 2.75) is 6.61 Å². The molecular formula is C12H9NOS. The Labute approximate surface area is 92.2 Å². The van der Waals surface area contributed by atoms with E-state index in [-0.39, 0.29) is 6.61 Å². The highest BCUT2D eigenvalue weighted by Crippen LogP contribution is 2.11. The maximum absolute atomic E-state index is 8.86. The number of hydrogen-bond acceptors (Lipinski definition) is 3. The summed E-state index contributed by atoms with van der Waals surface area (Å²) in [6, 6.07) is 9.76. The number of aromatic nitrogens is 1. The fraction of sp³-hybridized carbons (Fsp3) is 0.0833. The topological polar surface area (TPSA) is 33.1 Å². The normalized spacial score (nSPS) is 9.40. The number of aliphatic hydroxyl groups excluding tert-OH is 1. The average molecular weight is 215 g/mol. The van der Waals surface area contributed by atoms with Gasteiger partial charge in [0.15, 0.2) is 5.01 Å². The number of benzene rings is 1. The third kappa shape index (κ3) is 2.66. The van der Waals surface area contributed by atoms with Gasteiger partial charge in [0.25, 0.3) is 0 Å². The lowest BCUT2D eigenvalue weighted by Crippen LogP contribution is -1.72. The maximum Gasteiger partial charge on any atom is 0.167 e. The van der Waals surface area contributed by atoms with Gasteiger partial charge in [-0.2, -0.15) is 0 Å². The minimum Gasteiger partial charge on any atom is -0.391 e. The van der Waals surface area contributed by atoms with E-state index >= 15 is 0 Å². The Bertz CT molecular complexity index is 493. The Morgan fingerprint density at radius 3 is 2.67 bits per heavy atom. The molecule has 0 radical (unpaired) electrons. The molecule has 2 rings (SSSR count). The first-order valence-electron chi connectivity index (χ1n) is 4.51. The van der Waals surface area contributed by atoms with E-state index in [0.717, 1.165) is 15.4 Å². The molecule has 1 aromatic heterocycles. The lowest BCUT2D eigenvalue weighted by atomic mass is 10.2. The molecule has 15 heavy (non-hydrogen) atoms. The predicted octanol–water partition coefficient (Wildman–Crippen LogP) is 2.04. The van der Waals surface area contributed by atoms with E-state index in [1.54, 1.807) is 6.20 Å². The molecule has 1 aromatic carbocycles. The number of rotatable bonds is 1. The van der Waals surface area contributed by atoms with Gasteiger partial charge in [0, 0.05) is 11.8 Å². The minimum atomic E-state index is 0.0324. The molecule has 0 saturated heterocycles. The molecule has 1 N–H and O–H groups in total. The van der Waals surface area contributed by atoms with Crippen LogP contribution in [0, 0.1) is 11.8 Å². The van der Waals surface area contributed by atoms with Gasteiger partial charge >= 0.3 is 0 Å². The fourth-order valence-electron chi connectivity index (χ4n) is 1.09. The van der Waals surface area contributed by atoms with Crippen molar-refractivity contribution in [3.8, 4) is 11.8 Å². The molecule has 2 nitrogen and oxygen atoms in total. The van der Waals surface area contributed by atoms with Crippen molar-refractivity contribution in [2.75, 3.05) is 0 Å². The smallest absolute Gasteiger partial charge is 0.167 e. The van der Waals surface area contributed by atoms with Crippen molar-refractivity contribution in [1.29, 1.82) is 0 Å². The molecule has 2 aromatic rings. The highest BCUT2D eigenvalue weighted by Gasteiger charge is 1.96. The number of hydrogen-bond donors (Lipinski definition) is 1. The van der Waals surface area contributed by atoms with Crippen LogP contribution in [0.15, 0.2) is 36.5 Å². The summed E-state index contributed by atoms with van der Waals surface area (Å²) in [6.45, 7) is 0.0324. The number of nitrogens with zero attached hydrogens (tertiary/aromatic N) is 1. The Morgan fingerprint density at radius 2 is 2.00 bits per heavy atom. The largest absolute Gasteiger partial charge is 0.391 e. The van der Waals surface area contributed by atoms with E-state index in [0.29, 0.717) is 0 Å². The Morgan fingerprint density at radius 1 is 1.20 bits per heavy atom. The first kappa shape index (κ1) is 9.91. The Hall–Kier alpha value is -1.63. The molecule has 0 unspecified atom stereocenters. The molecule has 1 heterocycles. The van der Waals surface area contributed by atoms with E-state index in [2.05, 4.69) is 16.8 Å². The first-order chi connectivity index (χ1) is 7.38. The molecule has 0 fully saturated rings. The van der Waals surface area contributed by atoms with Crippen LogP contribution < -0.4 is 0 Å². The number of thiazole rings is 1. The van der Waals surface area contributed by atoms with E-state index in [1.165, 1.54) is 11.3 Å². The molecular weight excluding hydrogens is 206 g/mol. The Balaban J connectivity index is 2.18. The summed E-state index contributed by atoms with van der Waals surface area (Å²) in [5.74, 6) is 5.98. The lowest BCUT2D eigenvalue weighted by Gasteiger charge is -1.85. The summed E-state index contributed by atoms with van der Waals surface area (Å²) < 4.78 is 0. The highest BCUT2D eigenvalue weighted by molar-refractivity contribution is 7.12. The third-order valence-electron chi connectivity index (χ3n) is 1.80. The van der Waals surface area contributed by atoms with Crippen molar-refractivity contribution in [1.82, 2.24) is 4.98 Å². The zero-order valence-corrected chi connectivity index (χ0v) is 8.79. The van der Waals surface area contributed by atoms with Crippen molar-refractivity contribution < 1.29 is 5.11 Å². The summed E-state index contributed by atoms with van der Waals surface area (Å²) in [5, 5.41) is 9.60. The fourth-order valence-corrected chi connectivity index (χ4v) is 1.71. The van der Waals surface area contributed by atoms with Gasteiger partial charge in [-0.1, -0.05) is 24.1 Å². The average Bonchev–Trinajstić information content (AvgIpc) is 2.76. The monoisotopic (exact) mass is 215 g/mol. The zero-order valence-electron chi connectivity index (χ0n) is 7.97. The Kier molecular flexibility index (Phi) is 3.13. The SMILES string of the molecule is OCc1cnc(C#Cc2ccccc2)s1. The molecule has 0 amide bonds. The molecule has 3 heteroatoms. The lowest BCUT2D eigenvalue weighted by molar-refractivity contribution is 0.285. The molecule has 0 aliphatic carbocycles. The quantitative estimate of drug-likeness (QED) is 0.738. The van der Waals surface area contributed by atoms with Crippen molar-refractivity contribution >= 4 is 11.3 Å². The van der Waals surface area contributed by atoms with Crippen LogP contribution in [-0.2, 0) is 6.61 Å². The van der Waals surface area contributed by atoms with Crippen LogP contribution in [0.1, 0.15) is 15.4 Å². The van der Waals surface area contributed by atoms with Gasteiger partial charge in [0.05, 0.1) is 11.5 Å². The second kappa shape index (κ2) is 4.74. The third-order valence-corrected chi connectivity index (χ3v) is 2.69. The van der Waals surface area contributed by atoms with E-state index in [4.69, 9.17) is 5.11 Å². The van der Waals surface area contributed by atoms with Gasteiger partial charge in [0.1, 0.15) is 0 Å². The van der Waals surface area contributed by atoms with Gasteiger partial charge in [-0.25, -0.2) is 4.98 Å². The van der Waals surface area contributed by atoms with Crippen LogP contribution in [0.3, 0.4) is 0 Å². The standard InChI is InChI=1S/C12H9NOS/c14-9-11-8-13-12(15-11)7-6-10-4-2-1-3-5-10/h1-5,8,14H,9H2. The van der Waals surface area contributed by atoms with Crippen LogP contribution in [0.2, 0.25) is 0 Å².